The zero-order valence-electron chi connectivity index (χ0n) is 14.6. The van der Waals surface area contributed by atoms with Crippen molar-refractivity contribution in [3.05, 3.63) is 0 Å². The Bertz CT molecular complexity index is 309. The van der Waals surface area contributed by atoms with Crippen LogP contribution in [0.15, 0.2) is 0 Å². The van der Waals surface area contributed by atoms with E-state index in [1.807, 2.05) is 0 Å². The molecule has 0 saturated heterocycles. The third kappa shape index (κ3) is 12.9. The van der Waals surface area contributed by atoms with E-state index in [-0.39, 0.29) is 68.2 Å². The van der Waals surface area contributed by atoms with Crippen molar-refractivity contribution in [2.24, 2.45) is 5.92 Å². The van der Waals surface area contributed by atoms with E-state index in [2.05, 4.69) is 6.92 Å². The van der Waals surface area contributed by atoms with Gasteiger partial charge in [0.15, 0.2) is 0 Å². The Morgan fingerprint density at radius 3 is 2.00 bits per heavy atom. The summed E-state index contributed by atoms with van der Waals surface area (Å²) >= 11 is 0. The number of rotatable bonds is 14. The SMILES string of the molecule is CCCCCCCCC(CC(=O)[O-])C(=O)N(CCO)CCO.[Na+]. The van der Waals surface area contributed by atoms with Gasteiger partial charge < -0.3 is 25.0 Å². The largest absolute Gasteiger partial charge is 1.00 e. The van der Waals surface area contributed by atoms with E-state index >= 15 is 0 Å². The zero-order valence-corrected chi connectivity index (χ0v) is 16.6. The molecule has 0 fully saturated rings. The number of unbranched alkanes of at least 4 members (excludes halogenated alkanes) is 5. The van der Waals surface area contributed by atoms with Crippen molar-refractivity contribution in [1.29, 1.82) is 0 Å². The summed E-state index contributed by atoms with van der Waals surface area (Å²) < 4.78 is 0. The Labute approximate surface area is 161 Å². The van der Waals surface area contributed by atoms with E-state index in [9.17, 15) is 14.7 Å². The number of carboxylic acid groups (broad SMARTS) is 1. The molecule has 0 aliphatic rings. The molecule has 1 amide bonds. The average molecular weight is 339 g/mol. The number of hydrogen-bond donors (Lipinski definition) is 2. The first-order valence-electron chi connectivity index (χ1n) is 8.27. The third-order valence-corrected chi connectivity index (χ3v) is 3.72. The van der Waals surface area contributed by atoms with Gasteiger partial charge in [-0.3, -0.25) is 4.79 Å². The first-order chi connectivity index (χ1) is 10.6. The van der Waals surface area contributed by atoms with Gasteiger partial charge in [-0.15, -0.1) is 0 Å². The molecule has 0 radical (unpaired) electrons. The molecular weight excluding hydrogens is 309 g/mol. The second kappa shape index (κ2) is 16.7. The summed E-state index contributed by atoms with van der Waals surface area (Å²) in [4.78, 5) is 24.5. The number of aliphatic carboxylic acids is 1. The molecule has 23 heavy (non-hydrogen) atoms. The molecular formula is C16H30NNaO5. The monoisotopic (exact) mass is 339 g/mol. The van der Waals surface area contributed by atoms with Crippen molar-refractivity contribution in [3.8, 4) is 0 Å². The van der Waals surface area contributed by atoms with E-state index in [0.29, 0.717) is 6.42 Å². The number of carboxylic acids is 1. The van der Waals surface area contributed by atoms with E-state index in [0.717, 1.165) is 25.7 Å². The number of carbonyl (C=O) groups is 2. The van der Waals surface area contributed by atoms with Crippen LogP contribution in [0, 0.1) is 5.92 Å². The molecule has 0 rings (SSSR count). The summed E-state index contributed by atoms with van der Waals surface area (Å²) in [6, 6.07) is 0. The van der Waals surface area contributed by atoms with Gasteiger partial charge in [0.05, 0.1) is 13.2 Å². The van der Waals surface area contributed by atoms with Crippen LogP contribution >= 0.6 is 0 Å². The van der Waals surface area contributed by atoms with Crippen LogP contribution in [-0.2, 0) is 9.59 Å². The maximum atomic E-state index is 12.3. The molecule has 6 nitrogen and oxygen atoms in total. The fourth-order valence-corrected chi connectivity index (χ4v) is 2.52. The van der Waals surface area contributed by atoms with Gasteiger partial charge >= 0.3 is 29.6 Å². The van der Waals surface area contributed by atoms with E-state index in [1.54, 1.807) is 0 Å². The van der Waals surface area contributed by atoms with Crippen LogP contribution in [0.5, 0.6) is 0 Å². The van der Waals surface area contributed by atoms with Crippen LogP contribution in [0.3, 0.4) is 0 Å². The standard InChI is InChI=1S/C16H31NO5.Na/c1-2-3-4-5-6-7-8-14(13-15(20)21)16(22)17(9-11-18)10-12-19;/h14,18-19H,2-13H2,1H3,(H,20,21);/q;+1/p-1. The molecule has 0 spiro atoms. The first kappa shape index (κ1) is 25.1. The molecule has 0 heterocycles. The van der Waals surface area contributed by atoms with Crippen molar-refractivity contribution in [2.75, 3.05) is 26.3 Å². The van der Waals surface area contributed by atoms with Crippen molar-refractivity contribution in [3.63, 3.8) is 0 Å². The molecule has 0 aromatic rings. The Kier molecular flexibility index (Phi) is 18.2. The zero-order chi connectivity index (χ0) is 16.8. The maximum Gasteiger partial charge on any atom is 1.00 e. The predicted octanol–water partition coefficient (Wildman–Crippen LogP) is -2.69. The van der Waals surface area contributed by atoms with Gasteiger partial charge in [-0.1, -0.05) is 45.4 Å². The fourth-order valence-electron chi connectivity index (χ4n) is 2.52. The molecule has 2 N–H and O–H groups in total. The van der Waals surface area contributed by atoms with E-state index in [4.69, 9.17) is 10.2 Å². The van der Waals surface area contributed by atoms with Crippen LogP contribution < -0.4 is 34.7 Å². The maximum absolute atomic E-state index is 12.3. The number of aliphatic hydroxyl groups excluding tert-OH is 2. The van der Waals surface area contributed by atoms with Gasteiger partial charge in [-0.2, -0.15) is 0 Å². The molecule has 0 bridgehead atoms. The van der Waals surface area contributed by atoms with Crippen LogP contribution in [0.4, 0.5) is 0 Å². The topological polar surface area (TPSA) is 101 Å². The smallest absolute Gasteiger partial charge is 0.550 e. The van der Waals surface area contributed by atoms with Gasteiger partial charge in [0.2, 0.25) is 5.91 Å². The summed E-state index contributed by atoms with van der Waals surface area (Å²) in [7, 11) is 0. The first-order valence-corrected chi connectivity index (χ1v) is 8.27. The summed E-state index contributed by atoms with van der Waals surface area (Å²) in [6.45, 7) is 1.95. The number of amides is 1. The molecule has 0 saturated carbocycles. The van der Waals surface area contributed by atoms with Crippen LogP contribution in [0.25, 0.3) is 0 Å². The Morgan fingerprint density at radius 1 is 1.00 bits per heavy atom. The molecule has 1 unspecified atom stereocenters. The van der Waals surface area contributed by atoms with E-state index < -0.39 is 11.9 Å². The number of nitrogens with zero attached hydrogens (tertiary/aromatic N) is 1. The number of carbonyl (C=O) groups excluding carboxylic acids is 2. The Morgan fingerprint density at radius 2 is 1.52 bits per heavy atom. The Balaban J connectivity index is 0. The average Bonchev–Trinajstić information content (AvgIpc) is 2.48. The van der Waals surface area contributed by atoms with Crippen molar-refractivity contribution >= 4 is 11.9 Å². The minimum Gasteiger partial charge on any atom is -0.550 e. The molecule has 0 aliphatic heterocycles. The Hall–Kier alpha value is -0.140. The normalized spacial score (nSPS) is 11.6. The van der Waals surface area contributed by atoms with Gasteiger partial charge in [0.1, 0.15) is 0 Å². The fraction of sp³-hybridized carbons (Fsp3) is 0.875. The summed E-state index contributed by atoms with van der Waals surface area (Å²) in [5.74, 6) is -2.19. The van der Waals surface area contributed by atoms with Crippen LogP contribution in [0.2, 0.25) is 0 Å². The molecule has 0 aromatic carbocycles. The summed E-state index contributed by atoms with van der Waals surface area (Å²) in [5.41, 5.74) is 0. The van der Waals surface area contributed by atoms with Gasteiger partial charge in [0, 0.05) is 25.0 Å². The van der Waals surface area contributed by atoms with Gasteiger partial charge in [-0.25, -0.2) is 0 Å². The summed E-state index contributed by atoms with van der Waals surface area (Å²) in [5, 5.41) is 28.8. The molecule has 0 aliphatic carbocycles. The van der Waals surface area contributed by atoms with Gasteiger partial charge in [0.25, 0.3) is 0 Å². The molecule has 7 heteroatoms. The minimum absolute atomic E-state index is 0. The van der Waals surface area contributed by atoms with Crippen molar-refractivity contribution in [2.45, 2.75) is 58.3 Å². The van der Waals surface area contributed by atoms with Gasteiger partial charge in [-0.05, 0) is 12.8 Å². The molecule has 0 aromatic heterocycles. The van der Waals surface area contributed by atoms with Crippen molar-refractivity contribution < 1.29 is 54.5 Å². The third-order valence-electron chi connectivity index (χ3n) is 3.72. The second-order valence-corrected chi connectivity index (χ2v) is 5.60. The second-order valence-electron chi connectivity index (χ2n) is 5.60. The van der Waals surface area contributed by atoms with E-state index in [1.165, 1.54) is 17.7 Å². The van der Waals surface area contributed by atoms with Crippen molar-refractivity contribution in [1.82, 2.24) is 4.90 Å². The number of hydrogen-bond acceptors (Lipinski definition) is 5. The number of aliphatic hydroxyl groups is 2. The minimum atomic E-state index is -1.24. The summed E-state index contributed by atoms with van der Waals surface area (Å²) in [6.07, 6.45) is 6.61. The van der Waals surface area contributed by atoms with Crippen LogP contribution in [-0.4, -0.2) is 53.3 Å². The molecule has 1 atom stereocenters. The molecule has 130 valence electrons. The predicted molar refractivity (Wildman–Crippen MR) is 81.9 cm³/mol. The van der Waals surface area contributed by atoms with Crippen LogP contribution in [0.1, 0.15) is 58.3 Å². The quantitative estimate of drug-likeness (QED) is 0.265.